The van der Waals surface area contributed by atoms with Crippen molar-refractivity contribution in [3.05, 3.63) is 34.6 Å². The molecule has 0 spiro atoms. The Balaban J connectivity index is 2.84. The van der Waals surface area contributed by atoms with Crippen molar-refractivity contribution >= 4 is 11.6 Å². The van der Waals surface area contributed by atoms with Gasteiger partial charge in [-0.2, -0.15) is 0 Å². The zero-order valence-corrected chi connectivity index (χ0v) is 9.76. The van der Waals surface area contributed by atoms with Crippen molar-refractivity contribution in [3.63, 3.8) is 0 Å². The third-order valence-corrected chi connectivity index (χ3v) is 3.01. The third-order valence-electron chi connectivity index (χ3n) is 2.72. The van der Waals surface area contributed by atoms with Crippen LogP contribution in [0.25, 0.3) is 0 Å². The molecule has 1 nitrogen and oxygen atoms in total. The molecule has 0 radical (unpaired) electrons. The monoisotopic (exact) mass is 230 g/mol. The van der Waals surface area contributed by atoms with E-state index in [4.69, 9.17) is 11.6 Å². The number of benzene rings is 1. The smallest absolute Gasteiger partial charge is 0.144 e. The van der Waals surface area contributed by atoms with Crippen molar-refractivity contribution < 1.29 is 9.50 Å². The van der Waals surface area contributed by atoms with E-state index in [1.165, 1.54) is 6.07 Å². The molecule has 1 aromatic rings. The summed E-state index contributed by atoms with van der Waals surface area (Å²) in [5.74, 6) is -0.281. The molecule has 0 bridgehead atoms. The Morgan fingerprint density at radius 3 is 2.67 bits per heavy atom. The van der Waals surface area contributed by atoms with Crippen molar-refractivity contribution in [3.8, 4) is 0 Å². The van der Waals surface area contributed by atoms with Crippen molar-refractivity contribution in [2.24, 2.45) is 5.92 Å². The lowest BCUT2D eigenvalue weighted by Crippen LogP contribution is -2.18. The van der Waals surface area contributed by atoms with Gasteiger partial charge in [0, 0.05) is 0 Å². The molecule has 0 fully saturated rings. The molecule has 1 rings (SSSR count). The second-order valence-electron chi connectivity index (χ2n) is 3.83. The second-order valence-corrected chi connectivity index (χ2v) is 4.23. The van der Waals surface area contributed by atoms with Crippen LogP contribution in [0.3, 0.4) is 0 Å². The van der Waals surface area contributed by atoms with Gasteiger partial charge in [0.15, 0.2) is 0 Å². The summed E-state index contributed by atoms with van der Waals surface area (Å²) in [6.45, 7) is 3.72. The van der Waals surface area contributed by atoms with Crippen molar-refractivity contribution in [2.75, 3.05) is 0 Å². The lowest BCUT2D eigenvalue weighted by atomic mass is 9.92. The molecule has 2 unspecified atom stereocenters. The molecule has 0 aliphatic carbocycles. The minimum absolute atomic E-state index is 0.0815. The summed E-state index contributed by atoms with van der Waals surface area (Å²) in [4.78, 5) is 0. The van der Waals surface area contributed by atoms with Gasteiger partial charge in [-0.25, -0.2) is 4.39 Å². The average molecular weight is 231 g/mol. The first-order valence-electron chi connectivity index (χ1n) is 5.17. The highest BCUT2D eigenvalue weighted by Crippen LogP contribution is 2.22. The molecular formula is C12H16ClFO. The molecule has 0 saturated heterocycles. The zero-order valence-electron chi connectivity index (χ0n) is 9.00. The Labute approximate surface area is 94.9 Å². The van der Waals surface area contributed by atoms with Crippen LogP contribution >= 0.6 is 11.6 Å². The Morgan fingerprint density at radius 2 is 2.13 bits per heavy atom. The molecule has 2 atom stereocenters. The van der Waals surface area contributed by atoms with Crippen LogP contribution in [0.2, 0.25) is 5.02 Å². The molecule has 0 aliphatic rings. The summed E-state index contributed by atoms with van der Waals surface area (Å²) in [6.07, 6.45) is 0.929. The SMILES string of the molecule is CCC(Cc1cccc(Cl)c1F)C(C)O. The van der Waals surface area contributed by atoms with E-state index in [9.17, 15) is 9.50 Å². The predicted octanol–water partition coefficient (Wildman–Crippen LogP) is 3.43. The Hall–Kier alpha value is -0.600. The fourth-order valence-electron chi connectivity index (χ4n) is 1.64. The van der Waals surface area contributed by atoms with E-state index in [-0.39, 0.29) is 16.8 Å². The van der Waals surface area contributed by atoms with Gasteiger partial charge in [0.05, 0.1) is 11.1 Å². The Morgan fingerprint density at radius 1 is 1.47 bits per heavy atom. The first kappa shape index (κ1) is 12.5. The highest BCUT2D eigenvalue weighted by molar-refractivity contribution is 6.30. The third kappa shape index (κ3) is 3.18. The van der Waals surface area contributed by atoms with Gasteiger partial charge in [-0.05, 0) is 30.9 Å². The highest BCUT2D eigenvalue weighted by Gasteiger charge is 2.16. The van der Waals surface area contributed by atoms with E-state index < -0.39 is 6.10 Å². The summed E-state index contributed by atoms with van der Waals surface area (Å²) in [6, 6.07) is 4.98. The highest BCUT2D eigenvalue weighted by atomic mass is 35.5. The van der Waals surface area contributed by atoms with Crippen LogP contribution in [0.1, 0.15) is 25.8 Å². The van der Waals surface area contributed by atoms with E-state index in [1.807, 2.05) is 6.92 Å². The normalized spacial score (nSPS) is 15.0. The van der Waals surface area contributed by atoms with Gasteiger partial charge < -0.3 is 5.11 Å². The van der Waals surface area contributed by atoms with Gasteiger partial charge in [-0.3, -0.25) is 0 Å². The maximum Gasteiger partial charge on any atom is 0.144 e. The average Bonchev–Trinajstić information content (AvgIpc) is 2.19. The minimum atomic E-state index is -0.423. The van der Waals surface area contributed by atoms with Crippen molar-refractivity contribution in [1.82, 2.24) is 0 Å². The largest absolute Gasteiger partial charge is 0.393 e. The van der Waals surface area contributed by atoms with Crippen LogP contribution in [0.15, 0.2) is 18.2 Å². The molecular weight excluding hydrogens is 215 g/mol. The van der Waals surface area contributed by atoms with Crippen LogP contribution in [-0.4, -0.2) is 11.2 Å². The van der Waals surface area contributed by atoms with Crippen LogP contribution in [0.5, 0.6) is 0 Å². The van der Waals surface area contributed by atoms with Gasteiger partial charge in [0.2, 0.25) is 0 Å². The summed E-state index contributed by atoms with van der Waals surface area (Å²) in [5, 5.41) is 9.62. The second kappa shape index (κ2) is 5.47. The molecule has 1 aromatic carbocycles. The standard InChI is InChI=1S/C12H16ClFO/c1-3-9(8(2)15)7-10-5-4-6-11(13)12(10)14/h4-6,8-9,15H,3,7H2,1-2H3. The summed E-state index contributed by atoms with van der Waals surface area (Å²) in [5.41, 5.74) is 0.579. The molecule has 1 N–H and O–H groups in total. The fraction of sp³-hybridized carbons (Fsp3) is 0.500. The van der Waals surface area contributed by atoms with Gasteiger partial charge in [0.1, 0.15) is 5.82 Å². The number of halogens is 2. The van der Waals surface area contributed by atoms with Crippen molar-refractivity contribution in [2.45, 2.75) is 32.8 Å². The summed E-state index contributed by atoms with van der Waals surface area (Å²) >= 11 is 5.68. The molecule has 0 heterocycles. The summed E-state index contributed by atoms with van der Waals surface area (Å²) < 4.78 is 13.5. The molecule has 3 heteroatoms. The minimum Gasteiger partial charge on any atom is -0.393 e. The molecule has 15 heavy (non-hydrogen) atoms. The van der Waals surface area contributed by atoms with Crippen molar-refractivity contribution in [1.29, 1.82) is 0 Å². The lowest BCUT2D eigenvalue weighted by molar-refractivity contribution is 0.122. The Kier molecular flexibility index (Phi) is 4.55. The molecule has 0 amide bonds. The topological polar surface area (TPSA) is 20.2 Å². The zero-order chi connectivity index (χ0) is 11.4. The van der Waals surface area contributed by atoms with Crippen LogP contribution in [0.4, 0.5) is 4.39 Å². The van der Waals surface area contributed by atoms with Crippen LogP contribution in [-0.2, 0) is 6.42 Å². The quantitative estimate of drug-likeness (QED) is 0.840. The van der Waals surface area contributed by atoms with Gasteiger partial charge >= 0.3 is 0 Å². The van der Waals surface area contributed by atoms with E-state index in [0.717, 1.165) is 6.42 Å². The summed E-state index contributed by atoms with van der Waals surface area (Å²) in [7, 11) is 0. The van der Waals surface area contributed by atoms with Crippen LogP contribution in [0, 0.1) is 11.7 Å². The lowest BCUT2D eigenvalue weighted by Gasteiger charge is -2.18. The number of rotatable bonds is 4. The molecule has 0 aliphatic heterocycles. The van der Waals surface area contributed by atoms with E-state index in [0.29, 0.717) is 12.0 Å². The number of aliphatic hydroxyl groups is 1. The maximum absolute atomic E-state index is 13.5. The molecule has 0 saturated carbocycles. The molecule has 0 aromatic heterocycles. The van der Waals surface area contributed by atoms with Gasteiger partial charge in [0.25, 0.3) is 0 Å². The number of aliphatic hydroxyl groups excluding tert-OH is 1. The number of hydrogen-bond donors (Lipinski definition) is 1. The predicted molar refractivity (Wildman–Crippen MR) is 60.6 cm³/mol. The Bertz CT molecular complexity index is 325. The first-order valence-corrected chi connectivity index (χ1v) is 5.55. The van der Waals surface area contributed by atoms with E-state index >= 15 is 0 Å². The van der Waals surface area contributed by atoms with E-state index in [1.54, 1.807) is 19.1 Å². The fourth-order valence-corrected chi connectivity index (χ4v) is 1.84. The first-order chi connectivity index (χ1) is 7.06. The molecule has 84 valence electrons. The maximum atomic E-state index is 13.5. The van der Waals surface area contributed by atoms with Gasteiger partial charge in [-0.15, -0.1) is 0 Å². The number of hydrogen-bond acceptors (Lipinski definition) is 1. The van der Waals surface area contributed by atoms with Gasteiger partial charge in [-0.1, -0.05) is 37.1 Å². The van der Waals surface area contributed by atoms with Crippen LogP contribution < -0.4 is 0 Å². The van der Waals surface area contributed by atoms with E-state index in [2.05, 4.69) is 0 Å².